The monoisotopic (exact) mass is 241 g/mol. The van der Waals surface area contributed by atoms with E-state index in [9.17, 15) is 4.79 Å². The van der Waals surface area contributed by atoms with Crippen LogP contribution in [0.3, 0.4) is 0 Å². The van der Waals surface area contributed by atoms with Crippen LogP contribution in [-0.4, -0.2) is 17.8 Å². The van der Waals surface area contributed by atoms with Crippen LogP contribution in [0.5, 0.6) is 0 Å². The molecule has 0 amide bonds. The van der Waals surface area contributed by atoms with Crippen LogP contribution in [0.15, 0.2) is 23.1 Å². The Balaban J connectivity index is 0. The van der Waals surface area contributed by atoms with Crippen LogP contribution < -0.4 is 5.56 Å². The Bertz CT molecular complexity index is 331. The molecule has 1 rings (SSSR count). The number of ether oxygens (including phenoxy) is 1. The summed E-state index contributed by atoms with van der Waals surface area (Å²) in [4.78, 5) is 11.3. The van der Waals surface area contributed by atoms with Crippen LogP contribution in [0.25, 0.3) is 0 Å². The molecular formula is C14H27NO2. The van der Waals surface area contributed by atoms with E-state index in [1.165, 1.54) is 0 Å². The largest absolute Gasteiger partial charge is 0.380 e. The molecule has 0 N–H and O–H groups in total. The van der Waals surface area contributed by atoms with Gasteiger partial charge in [0, 0.05) is 19.4 Å². The minimum Gasteiger partial charge on any atom is -0.380 e. The zero-order valence-electron chi connectivity index (χ0n) is 12.3. The van der Waals surface area contributed by atoms with Gasteiger partial charge in [-0.3, -0.25) is 4.79 Å². The number of rotatable bonds is 3. The quantitative estimate of drug-likeness (QED) is 0.813. The SMILES string of the molecule is CC.CC.COC(C)Cn1cc(C)ccc1=O. The third-order valence-electron chi connectivity index (χ3n) is 1.99. The number of nitrogens with zero attached hydrogens (tertiary/aromatic N) is 1. The molecule has 3 heteroatoms. The van der Waals surface area contributed by atoms with Crippen molar-refractivity contribution in [3.63, 3.8) is 0 Å². The molecule has 0 aliphatic carbocycles. The summed E-state index contributed by atoms with van der Waals surface area (Å²) in [5.74, 6) is 0. The molecule has 0 saturated carbocycles. The second-order valence-electron chi connectivity index (χ2n) is 3.24. The molecule has 0 bridgehead atoms. The van der Waals surface area contributed by atoms with Crippen LogP contribution in [0.1, 0.15) is 40.2 Å². The summed E-state index contributed by atoms with van der Waals surface area (Å²) in [6, 6.07) is 3.40. The number of aromatic nitrogens is 1. The highest BCUT2D eigenvalue weighted by Crippen LogP contribution is 1.96. The van der Waals surface area contributed by atoms with E-state index in [-0.39, 0.29) is 11.7 Å². The Labute approximate surface area is 105 Å². The molecule has 0 fully saturated rings. The van der Waals surface area contributed by atoms with Gasteiger partial charge in [0.2, 0.25) is 0 Å². The van der Waals surface area contributed by atoms with E-state index in [1.54, 1.807) is 17.7 Å². The van der Waals surface area contributed by atoms with E-state index < -0.39 is 0 Å². The van der Waals surface area contributed by atoms with Crippen LogP contribution in [0.4, 0.5) is 0 Å². The van der Waals surface area contributed by atoms with Crippen LogP contribution in [0.2, 0.25) is 0 Å². The maximum Gasteiger partial charge on any atom is 0.250 e. The molecule has 0 spiro atoms. The maximum atomic E-state index is 11.3. The molecule has 3 nitrogen and oxygen atoms in total. The number of hydrogen-bond donors (Lipinski definition) is 0. The first kappa shape index (κ1) is 18.3. The van der Waals surface area contributed by atoms with Gasteiger partial charge < -0.3 is 9.30 Å². The first-order chi connectivity index (χ1) is 8.13. The first-order valence-corrected chi connectivity index (χ1v) is 6.33. The molecule has 0 aromatic carbocycles. The van der Waals surface area contributed by atoms with Crippen molar-refractivity contribution in [1.82, 2.24) is 4.57 Å². The molecule has 1 aromatic rings. The second-order valence-corrected chi connectivity index (χ2v) is 3.24. The van der Waals surface area contributed by atoms with Crippen molar-refractivity contribution >= 4 is 0 Å². The van der Waals surface area contributed by atoms with Gasteiger partial charge >= 0.3 is 0 Å². The lowest BCUT2D eigenvalue weighted by molar-refractivity contribution is 0.102. The van der Waals surface area contributed by atoms with Crippen LogP contribution >= 0.6 is 0 Å². The van der Waals surface area contributed by atoms with Crippen LogP contribution in [-0.2, 0) is 11.3 Å². The Morgan fingerprint density at radius 2 is 1.76 bits per heavy atom. The Morgan fingerprint density at radius 3 is 2.24 bits per heavy atom. The standard InChI is InChI=1S/C10H15NO2.2C2H6/c1-8-4-5-10(12)11(6-8)7-9(2)13-3;2*1-2/h4-6,9H,7H2,1-3H3;2*1-2H3. The number of aryl methyl sites for hydroxylation is 1. The molecule has 0 saturated heterocycles. The molecule has 0 radical (unpaired) electrons. The number of pyridine rings is 1. The average molecular weight is 241 g/mol. The number of hydrogen-bond acceptors (Lipinski definition) is 2. The van der Waals surface area contributed by atoms with Gasteiger partial charge in [-0.05, 0) is 19.4 Å². The van der Waals surface area contributed by atoms with E-state index in [0.717, 1.165) is 5.56 Å². The Kier molecular flexibility index (Phi) is 12.3. The fourth-order valence-electron chi connectivity index (χ4n) is 1.15. The predicted octanol–water partition coefficient (Wildman–Crippen LogP) is 3.24. The zero-order chi connectivity index (χ0) is 13.8. The van der Waals surface area contributed by atoms with Crippen molar-refractivity contribution in [2.45, 2.75) is 54.2 Å². The summed E-state index contributed by atoms with van der Waals surface area (Å²) in [7, 11) is 1.64. The molecular weight excluding hydrogens is 214 g/mol. The van der Waals surface area contributed by atoms with Gasteiger partial charge in [0.15, 0.2) is 0 Å². The highest BCUT2D eigenvalue weighted by Gasteiger charge is 2.02. The molecule has 1 unspecified atom stereocenters. The van der Waals surface area contributed by atoms with E-state index >= 15 is 0 Å². The third kappa shape index (κ3) is 7.75. The first-order valence-electron chi connectivity index (χ1n) is 6.33. The predicted molar refractivity (Wildman–Crippen MR) is 74.6 cm³/mol. The highest BCUT2D eigenvalue weighted by atomic mass is 16.5. The lowest BCUT2D eigenvalue weighted by Gasteiger charge is -2.11. The molecule has 1 atom stereocenters. The molecule has 100 valence electrons. The molecule has 1 aromatic heterocycles. The van der Waals surface area contributed by atoms with Gasteiger partial charge in [0.25, 0.3) is 5.56 Å². The minimum absolute atomic E-state index is 0.0227. The lowest BCUT2D eigenvalue weighted by atomic mass is 10.3. The normalized spacial score (nSPS) is 10.5. The van der Waals surface area contributed by atoms with Gasteiger partial charge in [0.05, 0.1) is 12.6 Å². The highest BCUT2D eigenvalue weighted by molar-refractivity contribution is 5.07. The van der Waals surface area contributed by atoms with Crippen molar-refractivity contribution in [2.75, 3.05) is 7.11 Å². The van der Waals surface area contributed by atoms with E-state index in [4.69, 9.17) is 4.74 Å². The van der Waals surface area contributed by atoms with E-state index in [0.29, 0.717) is 6.54 Å². The van der Waals surface area contributed by atoms with Crippen molar-refractivity contribution < 1.29 is 4.74 Å². The average Bonchev–Trinajstić information content (AvgIpc) is 2.38. The van der Waals surface area contributed by atoms with Crippen LogP contribution in [0, 0.1) is 6.92 Å². The summed E-state index contributed by atoms with van der Waals surface area (Å²) in [6.07, 6.45) is 1.91. The summed E-state index contributed by atoms with van der Waals surface area (Å²) < 4.78 is 6.76. The molecule has 17 heavy (non-hydrogen) atoms. The second kappa shape index (κ2) is 11.4. The van der Waals surface area contributed by atoms with Crippen molar-refractivity contribution in [3.05, 3.63) is 34.2 Å². The maximum absolute atomic E-state index is 11.3. The van der Waals surface area contributed by atoms with Crippen molar-refractivity contribution in [1.29, 1.82) is 0 Å². The fraction of sp³-hybridized carbons (Fsp3) is 0.643. The summed E-state index contributed by atoms with van der Waals surface area (Å²) in [5, 5.41) is 0. The van der Waals surface area contributed by atoms with Crippen molar-refractivity contribution in [3.8, 4) is 0 Å². The Morgan fingerprint density at radius 1 is 1.24 bits per heavy atom. The lowest BCUT2D eigenvalue weighted by Crippen LogP contribution is -2.25. The Hall–Kier alpha value is -1.09. The third-order valence-corrected chi connectivity index (χ3v) is 1.99. The van der Waals surface area contributed by atoms with E-state index in [1.807, 2.05) is 53.8 Å². The van der Waals surface area contributed by atoms with E-state index in [2.05, 4.69) is 0 Å². The van der Waals surface area contributed by atoms with Gasteiger partial charge in [-0.2, -0.15) is 0 Å². The summed E-state index contributed by atoms with van der Waals surface area (Å²) in [6.45, 7) is 12.5. The van der Waals surface area contributed by atoms with Gasteiger partial charge in [-0.15, -0.1) is 0 Å². The smallest absolute Gasteiger partial charge is 0.250 e. The number of methoxy groups -OCH3 is 1. The molecule has 0 aliphatic heterocycles. The minimum atomic E-state index is 0.0227. The van der Waals surface area contributed by atoms with Gasteiger partial charge in [-0.1, -0.05) is 33.8 Å². The summed E-state index contributed by atoms with van der Waals surface area (Å²) >= 11 is 0. The van der Waals surface area contributed by atoms with Crippen molar-refractivity contribution in [2.24, 2.45) is 0 Å². The molecule has 1 heterocycles. The topological polar surface area (TPSA) is 31.2 Å². The van der Waals surface area contributed by atoms with Gasteiger partial charge in [0.1, 0.15) is 0 Å². The van der Waals surface area contributed by atoms with Gasteiger partial charge in [-0.25, -0.2) is 0 Å². The summed E-state index contributed by atoms with van der Waals surface area (Å²) in [5.41, 5.74) is 1.11. The molecule has 0 aliphatic rings. The fourth-order valence-corrected chi connectivity index (χ4v) is 1.15. The zero-order valence-corrected chi connectivity index (χ0v) is 12.3.